The van der Waals surface area contributed by atoms with Crippen LogP contribution in [0.1, 0.15) is 21.5 Å². The van der Waals surface area contributed by atoms with Crippen molar-refractivity contribution in [2.75, 3.05) is 0 Å². The minimum Gasteiger partial charge on any atom is -0.291 e. The third-order valence-electron chi connectivity index (χ3n) is 3.39. The molecule has 0 bridgehead atoms. The highest BCUT2D eigenvalue weighted by atomic mass is 32.1. The van der Waals surface area contributed by atoms with E-state index in [0.717, 1.165) is 11.3 Å². The largest absolute Gasteiger partial charge is 0.291 e. The number of hydrogen-bond donors (Lipinski definition) is 0. The van der Waals surface area contributed by atoms with E-state index < -0.39 is 5.82 Å². The molecule has 3 aromatic rings. The van der Waals surface area contributed by atoms with E-state index in [0.29, 0.717) is 10.3 Å². The number of benzene rings is 1. The van der Waals surface area contributed by atoms with Crippen LogP contribution in [-0.2, 0) is 13.0 Å². The average molecular weight is 316 g/mol. The van der Waals surface area contributed by atoms with Gasteiger partial charge in [0.25, 0.3) is 5.56 Å². The number of ketones is 1. The van der Waals surface area contributed by atoms with Crippen LogP contribution in [0.2, 0.25) is 0 Å². The van der Waals surface area contributed by atoms with Crippen molar-refractivity contribution in [3.05, 3.63) is 62.6 Å². The molecule has 0 atom stereocenters. The molecule has 1 aromatic carbocycles. The standard InChI is InChI=1S/C16H13FN2O2S/c1-2-11-4-6-15(22-11)14(20)8-19-9-18-13-7-10(17)3-5-12(13)16(19)21/h3-7,9H,2,8H2,1H3. The summed E-state index contributed by atoms with van der Waals surface area (Å²) >= 11 is 1.44. The molecule has 112 valence electrons. The van der Waals surface area contributed by atoms with Crippen LogP contribution in [0.3, 0.4) is 0 Å². The Morgan fingerprint density at radius 3 is 2.86 bits per heavy atom. The van der Waals surface area contributed by atoms with Crippen molar-refractivity contribution in [1.29, 1.82) is 0 Å². The fraction of sp³-hybridized carbons (Fsp3) is 0.188. The lowest BCUT2D eigenvalue weighted by atomic mass is 10.2. The second kappa shape index (κ2) is 5.81. The summed E-state index contributed by atoms with van der Waals surface area (Å²) in [5.41, 5.74) is -0.0521. The van der Waals surface area contributed by atoms with Crippen molar-refractivity contribution in [2.45, 2.75) is 19.9 Å². The molecule has 2 heterocycles. The maximum Gasteiger partial charge on any atom is 0.261 e. The van der Waals surface area contributed by atoms with Gasteiger partial charge in [-0.05, 0) is 30.7 Å². The van der Waals surface area contributed by atoms with Gasteiger partial charge in [0.15, 0.2) is 5.78 Å². The molecule has 0 aliphatic heterocycles. The highest BCUT2D eigenvalue weighted by Gasteiger charge is 2.12. The van der Waals surface area contributed by atoms with Crippen molar-refractivity contribution >= 4 is 28.0 Å². The first-order valence-corrected chi connectivity index (χ1v) is 7.66. The maximum atomic E-state index is 13.1. The summed E-state index contributed by atoms with van der Waals surface area (Å²) in [7, 11) is 0. The molecule has 0 aliphatic carbocycles. The van der Waals surface area contributed by atoms with E-state index in [2.05, 4.69) is 4.98 Å². The van der Waals surface area contributed by atoms with Crippen molar-refractivity contribution in [3.63, 3.8) is 0 Å². The summed E-state index contributed by atoms with van der Waals surface area (Å²) in [6.45, 7) is 1.96. The van der Waals surface area contributed by atoms with Crippen LogP contribution in [0.5, 0.6) is 0 Å². The predicted molar refractivity (Wildman–Crippen MR) is 84.0 cm³/mol. The number of rotatable bonds is 4. The van der Waals surface area contributed by atoms with Crippen LogP contribution in [0.4, 0.5) is 4.39 Å². The molecule has 0 saturated carbocycles. The summed E-state index contributed by atoms with van der Waals surface area (Å²) in [6, 6.07) is 7.50. The Balaban J connectivity index is 1.93. The number of fused-ring (bicyclic) bond motifs is 1. The molecule has 0 spiro atoms. The number of aromatic nitrogens is 2. The SMILES string of the molecule is CCc1ccc(C(=O)Cn2cnc3cc(F)ccc3c2=O)s1. The van der Waals surface area contributed by atoms with Gasteiger partial charge in [0.05, 0.1) is 28.7 Å². The van der Waals surface area contributed by atoms with E-state index in [9.17, 15) is 14.0 Å². The summed E-state index contributed by atoms with van der Waals surface area (Å²) < 4.78 is 14.4. The molecule has 3 rings (SSSR count). The number of carbonyl (C=O) groups is 1. The van der Waals surface area contributed by atoms with Gasteiger partial charge in [0.2, 0.25) is 0 Å². The number of halogens is 1. The third kappa shape index (κ3) is 2.69. The fourth-order valence-corrected chi connectivity index (χ4v) is 3.07. The minimum atomic E-state index is -0.445. The van der Waals surface area contributed by atoms with Gasteiger partial charge in [-0.2, -0.15) is 0 Å². The van der Waals surface area contributed by atoms with Gasteiger partial charge >= 0.3 is 0 Å². The second-order valence-electron chi connectivity index (χ2n) is 4.88. The van der Waals surface area contributed by atoms with Crippen LogP contribution in [0, 0.1) is 5.82 Å². The lowest BCUT2D eigenvalue weighted by molar-refractivity contribution is 0.0974. The van der Waals surface area contributed by atoms with Crippen molar-refractivity contribution in [2.24, 2.45) is 0 Å². The van der Waals surface area contributed by atoms with Gasteiger partial charge in [-0.25, -0.2) is 9.37 Å². The van der Waals surface area contributed by atoms with Crippen molar-refractivity contribution < 1.29 is 9.18 Å². The molecule has 0 amide bonds. The molecule has 0 saturated heterocycles. The molecule has 4 nitrogen and oxygen atoms in total. The number of aryl methyl sites for hydroxylation is 1. The van der Waals surface area contributed by atoms with E-state index in [4.69, 9.17) is 0 Å². The molecule has 0 N–H and O–H groups in total. The first kappa shape index (κ1) is 14.6. The highest BCUT2D eigenvalue weighted by molar-refractivity contribution is 7.14. The topological polar surface area (TPSA) is 52.0 Å². The molecular weight excluding hydrogens is 303 g/mol. The monoisotopic (exact) mass is 316 g/mol. The Labute approximate surface area is 129 Å². The lowest BCUT2D eigenvalue weighted by Crippen LogP contribution is -2.24. The molecule has 6 heteroatoms. The Bertz CT molecular complexity index is 914. The molecular formula is C16H13FN2O2S. The summed E-state index contributed by atoms with van der Waals surface area (Å²) in [5, 5.41) is 0.303. The van der Waals surface area contributed by atoms with Gasteiger partial charge in [0, 0.05) is 10.9 Å². The molecule has 0 aliphatic rings. The zero-order valence-electron chi connectivity index (χ0n) is 11.9. The Hall–Kier alpha value is -2.34. The highest BCUT2D eigenvalue weighted by Crippen LogP contribution is 2.18. The van der Waals surface area contributed by atoms with Gasteiger partial charge < -0.3 is 0 Å². The van der Waals surface area contributed by atoms with E-state index in [1.165, 1.54) is 40.4 Å². The number of hydrogen-bond acceptors (Lipinski definition) is 4. The molecule has 0 unspecified atom stereocenters. The zero-order valence-corrected chi connectivity index (χ0v) is 12.7. The number of thiophene rings is 1. The Kier molecular flexibility index (Phi) is 3.85. The predicted octanol–water partition coefficient (Wildman–Crippen LogP) is 3.04. The summed E-state index contributed by atoms with van der Waals surface area (Å²) in [5.74, 6) is -0.575. The Morgan fingerprint density at radius 2 is 2.14 bits per heavy atom. The van der Waals surface area contributed by atoms with Crippen LogP contribution < -0.4 is 5.56 Å². The second-order valence-corrected chi connectivity index (χ2v) is 6.05. The first-order chi connectivity index (χ1) is 10.6. The fourth-order valence-electron chi connectivity index (χ4n) is 2.19. The Morgan fingerprint density at radius 1 is 1.32 bits per heavy atom. The van der Waals surface area contributed by atoms with E-state index in [1.54, 1.807) is 6.07 Å². The van der Waals surface area contributed by atoms with Gasteiger partial charge in [-0.15, -0.1) is 11.3 Å². The van der Waals surface area contributed by atoms with Crippen LogP contribution in [0.15, 0.2) is 41.5 Å². The van der Waals surface area contributed by atoms with Crippen LogP contribution in [0.25, 0.3) is 10.9 Å². The normalized spacial score (nSPS) is 11.0. The quantitative estimate of drug-likeness (QED) is 0.695. The molecule has 22 heavy (non-hydrogen) atoms. The summed E-state index contributed by atoms with van der Waals surface area (Å²) in [6.07, 6.45) is 2.16. The minimum absolute atomic E-state index is 0.0666. The van der Waals surface area contributed by atoms with Gasteiger partial charge in [0.1, 0.15) is 5.82 Å². The van der Waals surface area contributed by atoms with Crippen molar-refractivity contribution in [1.82, 2.24) is 9.55 Å². The van der Waals surface area contributed by atoms with Crippen LogP contribution in [-0.4, -0.2) is 15.3 Å². The van der Waals surface area contributed by atoms with Gasteiger partial charge in [-0.1, -0.05) is 6.92 Å². The molecule has 2 aromatic heterocycles. The third-order valence-corrected chi connectivity index (χ3v) is 4.66. The van der Waals surface area contributed by atoms with Gasteiger partial charge in [-0.3, -0.25) is 14.2 Å². The molecule has 0 radical (unpaired) electrons. The van der Waals surface area contributed by atoms with E-state index in [1.807, 2.05) is 13.0 Å². The number of carbonyl (C=O) groups excluding carboxylic acids is 1. The maximum absolute atomic E-state index is 13.1. The zero-order chi connectivity index (χ0) is 15.7. The summed E-state index contributed by atoms with van der Waals surface area (Å²) in [4.78, 5) is 30.4. The number of Topliss-reactive ketones (excluding diaryl/α,β-unsaturated/α-hetero) is 1. The van der Waals surface area contributed by atoms with E-state index in [-0.39, 0.29) is 23.4 Å². The molecule has 0 fully saturated rings. The first-order valence-electron chi connectivity index (χ1n) is 6.85. The average Bonchev–Trinajstić information content (AvgIpc) is 2.99. The van der Waals surface area contributed by atoms with Crippen molar-refractivity contribution in [3.8, 4) is 0 Å². The lowest BCUT2D eigenvalue weighted by Gasteiger charge is -2.05. The smallest absolute Gasteiger partial charge is 0.261 e. The van der Waals surface area contributed by atoms with E-state index >= 15 is 0 Å². The van der Waals surface area contributed by atoms with Crippen LogP contribution >= 0.6 is 11.3 Å². The number of nitrogens with zero attached hydrogens (tertiary/aromatic N) is 2.